The molecule has 0 saturated heterocycles. The predicted octanol–water partition coefficient (Wildman–Crippen LogP) is 1.44. The second-order valence-electron chi connectivity index (χ2n) is 6.20. The Kier molecular flexibility index (Phi) is 4.04. The first kappa shape index (κ1) is 16.1. The lowest BCUT2D eigenvalue weighted by molar-refractivity contribution is 0.0731. The third-order valence-electron chi connectivity index (χ3n) is 4.58. The van der Waals surface area contributed by atoms with Crippen LogP contribution in [0.25, 0.3) is 11.3 Å². The highest BCUT2D eigenvalue weighted by Gasteiger charge is 2.27. The molecule has 1 amide bonds. The quantitative estimate of drug-likeness (QED) is 0.701. The molecule has 0 saturated carbocycles. The number of carbonyl (C=O) groups excluding carboxylic acids is 1. The average molecular weight is 347 g/mol. The Hall–Kier alpha value is -3.35. The van der Waals surface area contributed by atoms with Gasteiger partial charge in [-0.25, -0.2) is 9.97 Å². The van der Waals surface area contributed by atoms with Crippen molar-refractivity contribution in [1.82, 2.24) is 24.4 Å². The van der Waals surface area contributed by atoms with Gasteiger partial charge in [-0.1, -0.05) is 0 Å². The van der Waals surface area contributed by atoms with Crippen LogP contribution in [0.5, 0.6) is 0 Å². The average Bonchev–Trinajstić information content (AvgIpc) is 2.69. The number of fused-ring (bicyclic) bond motifs is 1. The number of pyridine rings is 2. The molecule has 3 aromatic heterocycles. The topological polar surface area (TPSA) is 81.0 Å². The van der Waals surface area contributed by atoms with Crippen LogP contribution in [0.1, 0.15) is 21.6 Å². The summed E-state index contributed by atoms with van der Waals surface area (Å²) in [6, 6.07) is 7.06. The number of aryl methyl sites for hydroxylation is 1. The van der Waals surface area contributed by atoms with E-state index in [4.69, 9.17) is 0 Å². The van der Waals surface area contributed by atoms with E-state index in [-0.39, 0.29) is 17.0 Å². The van der Waals surface area contributed by atoms with Gasteiger partial charge in [0.1, 0.15) is 11.9 Å². The van der Waals surface area contributed by atoms with Crippen LogP contribution in [0.15, 0.2) is 54.0 Å². The van der Waals surface area contributed by atoms with Gasteiger partial charge in [0.2, 0.25) is 0 Å². The zero-order chi connectivity index (χ0) is 18.1. The maximum Gasteiger partial charge on any atom is 0.263 e. The van der Waals surface area contributed by atoms with Gasteiger partial charge < -0.3 is 9.47 Å². The zero-order valence-corrected chi connectivity index (χ0v) is 14.3. The van der Waals surface area contributed by atoms with Crippen LogP contribution in [0, 0.1) is 0 Å². The van der Waals surface area contributed by atoms with Crippen molar-refractivity contribution in [3.05, 3.63) is 76.4 Å². The summed E-state index contributed by atoms with van der Waals surface area (Å²) in [7, 11) is 1.64. The maximum atomic E-state index is 12.9. The van der Waals surface area contributed by atoms with Crippen LogP contribution in [0.3, 0.4) is 0 Å². The van der Waals surface area contributed by atoms with Crippen LogP contribution in [0.4, 0.5) is 0 Å². The van der Waals surface area contributed by atoms with Crippen molar-refractivity contribution in [3.8, 4) is 11.3 Å². The molecule has 0 fully saturated rings. The summed E-state index contributed by atoms with van der Waals surface area (Å²) in [5.41, 5.74) is 3.40. The van der Waals surface area contributed by atoms with Crippen molar-refractivity contribution >= 4 is 5.91 Å². The van der Waals surface area contributed by atoms with E-state index in [1.165, 1.54) is 4.57 Å². The Morgan fingerprint density at radius 3 is 2.88 bits per heavy atom. The summed E-state index contributed by atoms with van der Waals surface area (Å²) in [6.45, 7) is 0.894. The van der Waals surface area contributed by atoms with Crippen LogP contribution in [-0.2, 0) is 20.0 Å². The predicted molar refractivity (Wildman–Crippen MR) is 95.4 cm³/mol. The number of carbonyl (C=O) groups is 1. The molecular formula is C19H17N5O2. The summed E-state index contributed by atoms with van der Waals surface area (Å²) < 4.78 is 1.41. The Morgan fingerprint density at radius 2 is 2.08 bits per heavy atom. The van der Waals surface area contributed by atoms with Gasteiger partial charge in [0.05, 0.1) is 11.4 Å². The molecule has 4 heterocycles. The number of amides is 1. The van der Waals surface area contributed by atoms with Crippen LogP contribution >= 0.6 is 0 Å². The highest BCUT2D eigenvalue weighted by molar-refractivity contribution is 5.94. The molecule has 7 heteroatoms. The van der Waals surface area contributed by atoms with Gasteiger partial charge in [0, 0.05) is 56.3 Å². The molecule has 0 radical (unpaired) electrons. The number of hydrogen-bond acceptors (Lipinski definition) is 5. The van der Waals surface area contributed by atoms with E-state index < -0.39 is 0 Å². The van der Waals surface area contributed by atoms with Gasteiger partial charge in [-0.05, 0) is 24.3 Å². The molecule has 0 aromatic carbocycles. The molecule has 1 aliphatic rings. The first-order valence-corrected chi connectivity index (χ1v) is 8.33. The highest BCUT2D eigenvalue weighted by atomic mass is 16.2. The Balaban J connectivity index is 1.71. The molecule has 26 heavy (non-hydrogen) atoms. The largest absolute Gasteiger partial charge is 0.334 e. The van der Waals surface area contributed by atoms with Crippen molar-refractivity contribution in [3.63, 3.8) is 0 Å². The van der Waals surface area contributed by atoms with Crippen molar-refractivity contribution < 1.29 is 4.79 Å². The summed E-state index contributed by atoms with van der Waals surface area (Å²) >= 11 is 0. The summed E-state index contributed by atoms with van der Waals surface area (Å²) in [4.78, 5) is 39.8. The van der Waals surface area contributed by atoms with E-state index in [2.05, 4.69) is 15.0 Å². The molecule has 0 atom stereocenters. The molecule has 4 rings (SSSR count). The molecule has 130 valence electrons. The van der Waals surface area contributed by atoms with Gasteiger partial charge in [-0.15, -0.1) is 0 Å². The van der Waals surface area contributed by atoms with Crippen LogP contribution in [-0.4, -0.2) is 36.9 Å². The fourth-order valence-electron chi connectivity index (χ4n) is 3.20. The lowest BCUT2D eigenvalue weighted by Crippen LogP contribution is -2.39. The Bertz CT molecular complexity index is 1030. The van der Waals surface area contributed by atoms with E-state index in [1.807, 2.05) is 12.1 Å². The molecule has 0 unspecified atom stereocenters. The Labute approximate surface area is 150 Å². The standard InChI is InChI=1S/C19H17N5O2/c1-23-8-3-5-14(18(23)25)19(26)24-9-6-16-15(11-24)17(22-12-21-16)13-4-2-7-20-10-13/h2-5,7-8,10,12H,6,9,11H2,1H3. The van der Waals surface area contributed by atoms with Gasteiger partial charge in [0.15, 0.2) is 0 Å². The molecule has 0 N–H and O–H groups in total. The SMILES string of the molecule is Cn1cccc(C(=O)N2CCc3ncnc(-c4cccnc4)c3C2)c1=O. The van der Waals surface area contributed by atoms with Gasteiger partial charge in [-0.2, -0.15) is 0 Å². The molecule has 0 spiro atoms. The number of hydrogen-bond donors (Lipinski definition) is 0. The summed E-state index contributed by atoms with van der Waals surface area (Å²) in [5, 5.41) is 0. The number of aromatic nitrogens is 4. The number of rotatable bonds is 2. The Morgan fingerprint density at radius 1 is 1.19 bits per heavy atom. The molecular weight excluding hydrogens is 330 g/mol. The van der Waals surface area contributed by atoms with E-state index in [0.29, 0.717) is 19.5 Å². The zero-order valence-electron chi connectivity index (χ0n) is 14.3. The van der Waals surface area contributed by atoms with E-state index in [9.17, 15) is 9.59 Å². The van der Waals surface area contributed by atoms with E-state index >= 15 is 0 Å². The molecule has 1 aliphatic heterocycles. The molecule has 0 aliphatic carbocycles. The second kappa shape index (κ2) is 6.51. The van der Waals surface area contributed by atoms with Gasteiger partial charge >= 0.3 is 0 Å². The van der Waals surface area contributed by atoms with E-state index in [0.717, 1.165) is 22.5 Å². The maximum absolute atomic E-state index is 12.9. The number of nitrogens with zero attached hydrogens (tertiary/aromatic N) is 5. The van der Waals surface area contributed by atoms with Crippen molar-refractivity contribution in [2.75, 3.05) is 6.54 Å². The van der Waals surface area contributed by atoms with Gasteiger partial charge in [0.25, 0.3) is 11.5 Å². The first-order valence-electron chi connectivity index (χ1n) is 8.33. The lowest BCUT2D eigenvalue weighted by Gasteiger charge is -2.29. The molecule has 7 nitrogen and oxygen atoms in total. The fourth-order valence-corrected chi connectivity index (χ4v) is 3.20. The molecule has 3 aromatic rings. The van der Waals surface area contributed by atoms with E-state index in [1.54, 1.807) is 49.0 Å². The normalized spacial score (nSPS) is 13.3. The lowest BCUT2D eigenvalue weighted by atomic mass is 9.99. The summed E-state index contributed by atoms with van der Waals surface area (Å²) in [5.74, 6) is -0.266. The van der Waals surface area contributed by atoms with Crippen LogP contribution < -0.4 is 5.56 Å². The highest BCUT2D eigenvalue weighted by Crippen LogP contribution is 2.27. The summed E-state index contributed by atoms with van der Waals surface area (Å²) in [6.07, 6.45) is 7.27. The third-order valence-corrected chi connectivity index (χ3v) is 4.58. The minimum Gasteiger partial charge on any atom is -0.334 e. The van der Waals surface area contributed by atoms with Crippen molar-refractivity contribution in [2.24, 2.45) is 7.05 Å². The minimum absolute atomic E-state index is 0.179. The minimum atomic E-state index is -0.292. The van der Waals surface area contributed by atoms with Crippen molar-refractivity contribution in [1.29, 1.82) is 0 Å². The fraction of sp³-hybridized carbons (Fsp3) is 0.211. The van der Waals surface area contributed by atoms with Crippen molar-refractivity contribution in [2.45, 2.75) is 13.0 Å². The molecule has 0 bridgehead atoms. The smallest absolute Gasteiger partial charge is 0.263 e. The third kappa shape index (κ3) is 2.77. The second-order valence-corrected chi connectivity index (χ2v) is 6.20. The van der Waals surface area contributed by atoms with Gasteiger partial charge in [-0.3, -0.25) is 14.6 Å². The van der Waals surface area contributed by atoms with Crippen LogP contribution in [0.2, 0.25) is 0 Å². The monoisotopic (exact) mass is 347 g/mol. The first-order chi connectivity index (χ1) is 12.6.